The molecule has 3 aromatic rings. The van der Waals surface area contributed by atoms with Crippen molar-refractivity contribution >= 4 is 23.4 Å². The molecule has 0 unspecified atom stereocenters. The molecule has 0 bridgehead atoms. The maximum atomic E-state index is 11.3. The van der Waals surface area contributed by atoms with Gasteiger partial charge in [0, 0.05) is 5.69 Å². The fourth-order valence-electron chi connectivity index (χ4n) is 3.11. The maximum Gasteiger partial charge on any atom is 0.227 e. The zero-order valence-corrected chi connectivity index (χ0v) is 17.4. The molecule has 0 atom stereocenters. The van der Waals surface area contributed by atoms with Gasteiger partial charge in [0.25, 0.3) is 0 Å². The van der Waals surface area contributed by atoms with Crippen molar-refractivity contribution < 1.29 is 4.79 Å². The second-order valence-corrected chi connectivity index (χ2v) is 7.84. The number of thioether (sulfide) groups is 1. The highest BCUT2D eigenvalue weighted by Crippen LogP contribution is 2.26. The lowest BCUT2D eigenvalue weighted by Crippen LogP contribution is -2.14. The van der Waals surface area contributed by atoms with E-state index in [1.54, 1.807) is 0 Å². The summed E-state index contributed by atoms with van der Waals surface area (Å²) in [5.41, 5.74) is 12.1. The number of nitrogens with one attached hydrogen (secondary N) is 1. The number of carbonyl (C=O) groups is 1. The zero-order valence-electron chi connectivity index (χ0n) is 16.6. The highest BCUT2D eigenvalue weighted by molar-refractivity contribution is 7.99. The van der Waals surface area contributed by atoms with E-state index in [2.05, 4.69) is 73.5 Å². The first kappa shape index (κ1) is 19.9. The van der Waals surface area contributed by atoms with Gasteiger partial charge in [0.1, 0.15) is 0 Å². The van der Waals surface area contributed by atoms with Crippen molar-refractivity contribution in [3.63, 3.8) is 0 Å². The molecular weight excluding hydrogens is 370 g/mol. The van der Waals surface area contributed by atoms with Gasteiger partial charge in [-0.2, -0.15) is 0 Å². The molecule has 0 saturated heterocycles. The molecule has 6 nitrogen and oxygen atoms in total. The third kappa shape index (κ3) is 4.36. The van der Waals surface area contributed by atoms with E-state index in [1.807, 2.05) is 10.6 Å². The van der Waals surface area contributed by atoms with E-state index in [1.165, 1.54) is 22.9 Å². The van der Waals surface area contributed by atoms with Gasteiger partial charge in [0.05, 0.1) is 18.0 Å². The Kier molecular flexibility index (Phi) is 6.04. The number of rotatable bonds is 7. The highest BCUT2D eigenvalue weighted by Gasteiger charge is 2.17. The minimum absolute atomic E-state index is 0.160. The summed E-state index contributed by atoms with van der Waals surface area (Å²) in [6.07, 6.45) is 0. The van der Waals surface area contributed by atoms with Gasteiger partial charge in [0.15, 0.2) is 11.0 Å². The fraction of sp³-hybridized carbons (Fsp3) is 0.286. The first-order valence-corrected chi connectivity index (χ1v) is 10.1. The number of primary amides is 1. The largest absolute Gasteiger partial charge is 0.377 e. The van der Waals surface area contributed by atoms with Crippen LogP contribution in [0.1, 0.15) is 28.1 Å². The molecule has 28 heavy (non-hydrogen) atoms. The number of nitrogens with zero attached hydrogens (tertiary/aromatic N) is 3. The fourth-order valence-corrected chi connectivity index (χ4v) is 3.81. The molecular formula is C21H25N5OS. The summed E-state index contributed by atoms with van der Waals surface area (Å²) in [5.74, 6) is 0.562. The Hall–Kier alpha value is -2.80. The summed E-state index contributed by atoms with van der Waals surface area (Å²) in [4.78, 5) is 11.3. The molecule has 7 heteroatoms. The molecule has 2 aromatic carbocycles. The molecule has 1 heterocycles. The number of aryl methyl sites for hydroxylation is 4. The maximum absolute atomic E-state index is 11.3. The van der Waals surface area contributed by atoms with Crippen molar-refractivity contribution in [3.8, 4) is 5.69 Å². The average molecular weight is 396 g/mol. The van der Waals surface area contributed by atoms with Crippen LogP contribution in [0.4, 0.5) is 5.69 Å². The van der Waals surface area contributed by atoms with Crippen LogP contribution in [-0.4, -0.2) is 26.4 Å². The third-order valence-electron chi connectivity index (χ3n) is 4.55. The van der Waals surface area contributed by atoms with Crippen molar-refractivity contribution in [2.75, 3.05) is 11.1 Å². The number of nitrogens with two attached hydrogens (primary N) is 1. The number of anilines is 1. The van der Waals surface area contributed by atoms with Crippen molar-refractivity contribution in [2.45, 2.75) is 39.4 Å². The van der Waals surface area contributed by atoms with E-state index >= 15 is 0 Å². The Morgan fingerprint density at radius 1 is 1.07 bits per heavy atom. The summed E-state index contributed by atoms with van der Waals surface area (Å²) < 4.78 is 2.01. The highest BCUT2D eigenvalue weighted by atomic mass is 32.2. The normalized spacial score (nSPS) is 10.9. The minimum Gasteiger partial charge on any atom is -0.377 e. The number of benzene rings is 2. The van der Waals surface area contributed by atoms with Gasteiger partial charge >= 0.3 is 0 Å². The van der Waals surface area contributed by atoms with Crippen LogP contribution in [-0.2, 0) is 11.3 Å². The van der Waals surface area contributed by atoms with E-state index in [-0.39, 0.29) is 11.7 Å². The van der Waals surface area contributed by atoms with Crippen LogP contribution < -0.4 is 11.1 Å². The van der Waals surface area contributed by atoms with Gasteiger partial charge in [-0.05, 0) is 56.0 Å². The van der Waals surface area contributed by atoms with Crippen LogP contribution in [0.5, 0.6) is 0 Å². The third-order valence-corrected chi connectivity index (χ3v) is 5.51. The molecule has 0 aliphatic rings. The second-order valence-electron chi connectivity index (χ2n) is 6.90. The Labute approximate surface area is 169 Å². The van der Waals surface area contributed by atoms with Crippen molar-refractivity contribution in [3.05, 3.63) is 64.5 Å². The molecule has 0 fully saturated rings. The summed E-state index contributed by atoms with van der Waals surface area (Å²) in [7, 11) is 0. The number of aromatic nitrogens is 3. The second kappa shape index (κ2) is 8.48. The van der Waals surface area contributed by atoms with Crippen LogP contribution in [0.3, 0.4) is 0 Å². The summed E-state index contributed by atoms with van der Waals surface area (Å²) in [6, 6.07) is 12.5. The predicted molar refractivity (Wildman–Crippen MR) is 114 cm³/mol. The average Bonchev–Trinajstić information content (AvgIpc) is 3.04. The van der Waals surface area contributed by atoms with Crippen LogP contribution in [0.2, 0.25) is 0 Å². The van der Waals surface area contributed by atoms with Gasteiger partial charge in [-0.15, -0.1) is 10.2 Å². The Balaban J connectivity index is 1.99. The van der Waals surface area contributed by atoms with Gasteiger partial charge in [-0.1, -0.05) is 42.1 Å². The Morgan fingerprint density at radius 2 is 1.79 bits per heavy atom. The lowest BCUT2D eigenvalue weighted by atomic mass is 10.1. The number of amides is 1. The van der Waals surface area contributed by atoms with Gasteiger partial charge < -0.3 is 11.1 Å². The Morgan fingerprint density at radius 3 is 2.46 bits per heavy atom. The van der Waals surface area contributed by atoms with Crippen molar-refractivity contribution in [2.24, 2.45) is 5.73 Å². The summed E-state index contributed by atoms with van der Waals surface area (Å²) >= 11 is 1.30. The van der Waals surface area contributed by atoms with E-state index in [4.69, 9.17) is 5.73 Å². The van der Waals surface area contributed by atoms with Crippen molar-refractivity contribution in [1.82, 2.24) is 14.8 Å². The van der Waals surface area contributed by atoms with Crippen LogP contribution in [0, 0.1) is 27.7 Å². The van der Waals surface area contributed by atoms with Gasteiger partial charge in [-0.25, -0.2) is 0 Å². The minimum atomic E-state index is -0.379. The number of carbonyl (C=O) groups excluding carboxylic acids is 1. The standard InChI is InChI=1S/C21H25N5OS/c1-13-8-9-14(2)17(10-13)26-19(24-25-21(26)28-12-18(22)27)11-23-20-15(3)6-5-7-16(20)4/h5-10,23H,11-12H2,1-4H3,(H2,22,27). The molecule has 0 saturated carbocycles. The molecule has 0 radical (unpaired) electrons. The van der Waals surface area contributed by atoms with E-state index in [0.29, 0.717) is 11.7 Å². The SMILES string of the molecule is Cc1ccc(C)c(-n2c(CNc3c(C)cccc3C)nnc2SCC(N)=O)c1. The van der Waals surface area contributed by atoms with Crippen LogP contribution in [0.15, 0.2) is 41.6 Å². The molecule has 0 spiro atoms. The molecule has 146 valence electrons. The monoisotopic (exact) mass is 395 g/mol. The lowest BCUT2D eigenvalue weighted by Gasteiger charge is -2.16. The topological polar surface area (TPSA) is 85.8 Å². The Bertz CT molecular complexity index is 992. The number of hydrogen-bond donors (Lipinski definition) is 2. The van der Waals surface area contributed by atoms with Crippen molar-refractivity contribution in [1.29, 1.82) is 0 Å². The van der Waals surface area contributed by atoms with E-state index in [9.17, 15) is 4.79 Å². The van der Waals surface area contributed by atoms with Gasteiger partial charge in [-0.3, -0.25) is 9.36 Å². The first-order valence-electron chi connectivity index (χ1n) is 9.10. The smallest absolute Gasteiger partial charge is 0.227 e. The van der Waals surface area contributed by atoms with Crippen LogP contribution in [0.25, 0.3) is 5.69 Å². The summed E-state index contributed by atoms with van der Waals surface area (Å²) in [6.45, 7) is 8.79. The molecule has 0 aliphatic heterocycles. The number of para-hydroxylation sites is 1. The lowest BCUT2D eigenvalue weighted by molar-refractivity contribution is -0.115. The molecule has 0 aliphatic carbocycles. The predicted octanol–water partition coefficient (Wildman–Crippen LogP) is 3.69. The summed E-state index contributed by atoms with van der Waals surface area (Å²) in [5, 5.41) is 12.9. The quantitative estimate of drug-likeness (QED) is 0.596. The molecule has 3 rings (SSSR count). The zero-order chi connectivity index (χ0) is 20.3. The van der Waals surface area contributed by atoms with E-state index in [0.717, 1.165) is 28.3 Å². The molecule has 1 amide bonds. The van der Waals surface area contributed by atoms with E-state index < -0.39 is 0 Å². The number of hydrogen-bond acceptors (Lipinski definition) is 5. The van der Waals surface area contributed by atoms with Gasteiger partial charge in [0.2, 0.25) is 5.91 Å². The van der Waals surface area contributed by atoms with Crippen LogP contribution >= 0.6 is 11.8 Å². The first-order chi connectivity index (χ1) is 13.4. The molecule has 3 N–H and O–H groups in total. The molecule has 1 aromatic heterocycles.